The van der Waals surface area contributed by atoms with E-state index in [4.69, 9.17) is 11.6 Å². The second-order valence-corrected chi connectivity index (χ2v) is 6.74. The maximum atomic E-state index is 11.9. The highest BCUT2D eigenvalue weighted by molar-refractivity contribution is 7.99. The highest BCUT2D eigenvalue weighted by atomic mass is 35.5. The maximum absolute atomic E-state index is 11.9. The highest BCUT2D eigenvalue weighted by Gasteiger charge is 2.34. The summed E-state index contributed by atoms with van der Waals surface area (Å²) in [6, 6.07) is 7.66. The van der Waals surface area contributed by atoms with Gasteiger partial charge in [0.25, 0.3) is 0 Å². The number of thioether (sulfide) groups is 1. The summed E-state index contributed by atoms with van der Waals surface area (Å²) in [4.78, 5) is 11.9. The lowest BCUT2D eigenvalue weighted by atomic mass is 9.99. The van der Waals surface area contributed by atoms with Crippen LogP contribution in [-0.2, 0) is 10.5 Å². The van der Waals surface area contributed by atoms with Gasteiger partial charge in [-0.15, -0.1) is 11.8 Å². The van der Waals surface area contributed by atoms with Gasteiger partial charge < -0.3 is 10.4 Å². The number of hydrogen-bond donors (Lipinski definition) is 2. The lowest BCUT2D eigenvalue weighted by Crippen LogP contribution is -2.49. The molecule has 0 bridgehead atoms. The van der Waals surface area contributed by atoms with Gasteiger partial charge in [0.05, 0.1) is 17.9 Å². The summed E-state index contributed by atoms with van der Waals surface area (Å²) in [5.41, 5.74) is 0.794. The van der Waals surface area contributed by atoms with Crippen LogP contribution in [0.5, 0.6) is 0 Å². The molecule has 20 heavy (non-hydrogen) atoms. The highest BCUT2D eigenvalue weighted by Crippen LogP contribution is 2.29. The quantitative estimate of drug-likeness (QED) is 0.849. The van der Waals surface area contributed by atoms with E-state index in [-0.39, 0.29) is 18.1 Å². The molecule has 5 heteroatoms. The fourth-order valence-electron chi connectivity index (χ4n) is 2.55. The maximum Gasteiger partial charge on any atom is 0.230 e. The van der Waals surface area contributed by atoms with Gasteiger partial charge >= 0.3 is 0 Å². The third-order valence-electron chi connectivity index (χ3n) is 3.68. The Labute approximate surface area is 129 Å². The van der Waals surface area contributed by atoms with Crippen molar-refractivity contribution < 1.29 is 9.90 Å². The minimum atomic E-state index is -0.363. The summed E-state index contributed by atoms with van der Waals surface area (Å²) < 4.78 is 0. The van der Waals surface area contributed by atoms with E-state index in [1.165, 1.54) is 0 Å². The molecular weight excluding hydrogens is 294 g/mol. The summed E-state index contributed by atoms with van der Waals surface area (Å²) in [5.74, 6) is 1.22. The molecule has 0 atom stereocenters. The van der Waals surface area contributed by atoms with Crippen LogP contribution in [0.2, 0.25) is 5.02 Å². The van der Waals surface area contributed by atoms with E-state index in [0.717, 1.165) is 42.0 Å². The number of aliphatic hydroxyl groups excluding tert-OH is 1. The third-order valence-corrected chi connectivity index (χ3v) is 4.94. The zero-order valence-electron chi connectivity index (χ0n) is 11.4. The Balaban J connectivity index is 1.73. The first-order chi connectivity index (χ1) is 9.63. The van der Waals surface area contributed by atoms with Crippen molar-refractivity contribution in [2.75, 3.05) is 12.4 Å². The van der Waals surface area contributed by atoms with Crippen molar-refractivity contribution in [2.24, 2.45) is 0 Å². The van der Waals surface area contributed by atoms with Crippen LogP contribution >= 0.6 is 23.4 Å². The lowest BCUT2D eigenvalue weighted by molar-refractivity contribution is -0.121. The van der Waals surface area contributed by atoms with Gasteiger partial charge in [-0.05, 0) is 30.5 Å². The van der Waals surface area contributed by atoms with Crippen LogP contribution in [0.25, 0.3) is 0 Å². The van der Waals surface area contributed by atoms with Gasteiger partial charge in [-0.3, -0.25) is 4.79 Å². The third kappa shape index (κ3) is 4.40. The van der Waals surface area contributed by atoms with Gasteiger partial charge in [0.15, 0.2) is 0 Å². The molecule has 2 N–H and O–H groups in total. The van der Waals surface area contributed by atoms with Crippen molar-refractivity contribution >= 4 is 29.3 Å². The Kier molecular flexibility index (Phi) is 5.75. The average molecular weight is 314 g/mol. The van der Waals surface area contributed by atoms with Crippen LogP contribution in [0.1, 0.15) is 31.2 Å². The molecular formula is C15H20ClNO2S. The molecule has 0 heterocycles. The van der Waals surface area contributed by atoms with E-state index in [9.17, 15) is 9.90 Å². The van der Waals surface area contributed by atoms with Crippen molar-refractivity contribution in [1.29, 1.82) is 0 Å². The molecule has 2 rings (SSSR count). The number of aliphatic hydroxyl groups is 1. The molecule has 110 valence electrons. The molecule has 1 aliphatic rings. The molecule has 0 spiro atoms. The number of benzene rings is 1. The van der Waals surface area contributed by atoms with Gasteiger partial charge in [-0.25, -0.2) is 0 Å². The normalized spacial score (nSPS) is 17.1. The van der Waals surface area contributed by atoms with Crippen molar-refractivity contribution in [3.8, 4) is 0 Å². The van der Waals surface area contributed by atoms with E-state index in [1.54, 1.807) is 11.8 Å². The molecule has 1 aromatic carbocycles. The number of amides is 1. The first-order valence-electron chi connectivity index (χ1n) is 6.88. The van der Waals surface area contributed by atoms with Crippen LogP contribution in [0.15, 0.2) is 24.3 Å². The largest absolute Gasteiger partial charge is 0.394 e. The van der Waals surface area contributed by atoms with Crippen LogP contribution in [-0.4, -0.2) is 28.9 Å². The van der Waals surface area contributed by atoms with E-state index in [0.29, 0.717) is 5.75 Å². The molecule has 0 aliphatic heterocycles. The number of halogens is 1. The van der Waals surface area contributed by atoms with Gasteiger partial charge in [0.1, 0.15) is 0 Å². The zero-order chi connectivity index (χ0) is 14.4. The number of carbonyl (C=O) groups is 1. The van der Waals surface area contributed by atoms with E-state index in [2.05, 4.69) is 5.32 Å². The Morgan fingerprint density at radius 3 is 2.55 bits per heavy atom. The van der Waals surface area contributed by atoms with E-state index >= 15 is 0 Å². The lowest BCUT2D eigenvalue weighted by Gasteiger charge is -2.27. The summed E-state index contributed by atoms with van der Waals surface area (Å²) in [6.45, 7) is 0.0423. The molecule has 0 unspecified atom stereocenters. The summed E-state index contributed by atoms with van der Waals surface area (Å²) in [6.07, 6.45) is 3.94. The molecule has 3 nitrogen and oxygen atoms in total. The summed E-state index contributed by atoms with van der Waals surface area (Å²) in [7, 11) is 0. The predicted octanol–water partition coefficient (Wildman–Crippen LogP) is 2.99. The topological polar surface area (TPSA) is 49.3 Å². The van der Waals surface area contributed by atoms with E-state index in [1.807, 2.05) is 24.3 Å². The van der Waals surface area contributed by atoms with Crippen LogP contribution in [0.3, 0.4) is 0 Å². The van der Waals surface area contributed by atoms with Gasteiger partial charge in [-0.2, -0.15) is 0 Å². The van der Waals surface area contributed by atoms with Crippen molar-refractivity contribution in [1.82, 2.24) is 5.32 Å². The molecule has 1 saturated carbocycles. The Morgan fingerprint density at radius 1 is 1.30 bits per heavy atom. The average Bonchev–Trinajstić information content (AvgIpc) is 2.90. The number of nitrogens with one attached hydrogen (secondary N) is 1. The predicted molar refractivity (Wildman–Crippen MR) is 84.0 cm³/mol. The molecule has 1 aromatic rings. The standard InChI is InChI=1S/C15H20ClNO2S/c16-13-5-3-12(4-6-13)9-20-10-14(19)17-15(11-18)7-1-2-8-15/h3-6,18H,1-2,7-11H2,(H,17,19). The SMILES string of the molecule is O=C(CSCc1ccc(Cl)cc1)NC1(CO)CCCC1. The number of carbonyl (C=O) groups excluding carboxylic acids is 1. The molecule has 0 radical (unpaired) electrons. The van der Waals surface area contributed by atoms with Gasteiger partial charge in [-0.1, -0.05) is 36.6 Å². The molecule has 1 fully saturated rings. The molecule has 1 aliphatic carbocycles. The first kappa shape index (κ1) is 15.7. The second-order valence-electron chi connectivity index (χ2n) is 5.31. The Hall–Kier alpha value is -0.710. The molecule has 1 amide bonds. The Bertz CT molecular complexity index is 444. The van der Waals surface area contributed by atoms with Crippen LogP contribution < -0.4 is 5.32 Å². The molecule has 0 aromatic heterocycles. The minimum Gasteiger partial charge on any atom is -0.394 e. The summed E-state index contributed by atoms with van der Waals surface area (Å²) >= 11 is 7.40. The fraction of sp³-hybridized carbons (Fsp3) is 0.533. The number of rotatable bonds is 6. The number of hydrogen-bond acceptors (Lipinski definition) is 3. The summed E-state index contributed by atoms with van der Waals surface area (Å²) in [5, 5.41) is 13.2. The minimum absolute atomic E-state index is 0.0138. The fourth-order valence-corrected chi connectivity index (χ4v) is 3.46. The smallest absolute Gasteiger partial charge is 0.230 e. The monoisotopic (exact) mass is 313 g/mol. The molecule has 0 saturated heterocycles. The van der Waals surface area contributed by atoms with Crippen LogP contribution in [0.4, 0.5) is 0 Å². The van der Waals surface area contributed by atoms with E-state index < -0.39 is 0 Å². The van der Waals surface area contributed by atoms with Crippen molar-refractivity contribution in [3.05, 3.63) is 34.9 Å². The Morgan fingerprint density at radius 2 is 1.95 bits per heavy atom. The van der Waals surface area contributed by atoms with Gasteiger partial charge in [0.2, 0.25) is 5.91 Å². The second kappa shape index (κ2) is 7.34. The van der Waals surface area contributed by atoms with Crippen molar-refractivity contribution in [2.45, 2.75) is 37.0 Å². The van der Waals surface area contributed by atoms with Crippen molar-refractivity contribution in [3.63, 3.8) is 0 Å². The van der Waals surface area contributed by atoms with Crippen LogP contribution in [0, 0.1) is 0 Å². The first-order valence-corrected chi connectivity index (χ1v) is 8.41. The van der Waals surface area contributed by atoms with Gasteiger partial charge in [0, 0.05) is 10.8 Å². The zero-order valence-corrected chi connectivity index (χ0v) is 13.0.